The normalized spacial score (nSPS) is 11.7. The fraction of sp³-hybridized carbons (Fsp3) is 0.333. The fourth-order valence-corrected chi connectivity index (χ4v) is 4.05. The molecule has 0 amide bonds. The molecule has 0 saturated heterocycles. The van der Waals surface area contributed by atoms with Gasteiger partial charge in [-0.2, -0.15) is 0 Å². The van der Waals surface area contributed by atoms with Gasteiger partial charge >= 0.3 is 0 Å². The van der Waals surface area contributed by atoms with E-state index in [1.807, 2.05) is 24.3 Å². The van der Waals surface area contributed by atoms with Crippen LogP contribution >= 0.6 is 11.6 Å². The maximum atomic E-state index is 13.0. The lowest BCUT2D eigenvalue weighted by atomic mass is 10.2. The summed E-state index contributed by atoms with van der Waals surface area (Å²) >= 11 is 6.11. The van der Waals surface area contributed by atoms with Crippen molar-refractivity contribution in [3.05, 3.63) is 75.8 Å². The van der Waals surface area contributed by atoms with Crippen molar-refractivity contribution in [2.75, 3.05) is 13.1 Å². The molecule has 156 valence electrons. The van der Waals surface area contributed by atoms with Crippen LogP contribution in [0.2, 0.25) is 5.02 Å². The van der Waals surface area contributed by atoms with Crippen molar-refractivity contribution in [1.29, 1.82) is 0 Å². The van der Waals surface area contributed by atoms with Crippen LogP contribution in [0.25, 0.3) is 21.9 Å². The Labute approximate surface area is 181 Å². The summed E-state index contributed by atoms with van der Waals surface area (Å²) in [5.74, 6) is 0. The highest BCUT2D eigenvalue weighted by atomic mass is 35.5. The predicted octanol–water partition coefficient (Wildman–Crippen LogP) is 5.22. The number of H-pyrrole nitrogens is 1. The molecule has 0 bridgehead atoms. The van der Waals surface area contributed by atoms with Gasteiger partial charge in [0.1, 0.15) is 11.0 Å². The molecule has 1 N–H and O–H groups in total. The molecular formula is C24H27ClN4O. The summed E-state index contributed by atoms with van der Waals surface area (Å²) in [4.78, 5) is 23.2. The molecule has 0 saturated carbocycles. The summed E-state index contributed by atoms with van der Waals surface area (Å²) in [5.41, 5.74) is 3.40. The minimum atomic E-state index is -0.0320. The van der Waals surface area contributed by atoms with Gasteiger partial charge in [-0.1, -0.05) is 55.3 Å². The molecule has 0 aliphatic rings. The Morgan fingerprint density at radius 1 is 1.10 bits per heavy atom. The smallest absolute Gasteiger partial charge is 0.277 e. The Balaban J connectivity index is 1.47. The molecule has 2 aromatic carbocycles. The van der Waals surface area contributed by atoms with E-state index in [1.54, 1.807) is 10.9 Å². The first-order valence-electron chi connectivity index (χ1n) is 10.6. The van der Waals surface area contributed by atoms with Gasteiger partial charge < -0.3 is 4.98 Å². The number of rotatable bonds is 9. The molecule has 5 nitrogen and oxygen atoms in total. The molecule has 0 aliphatic heterocycles. The third kappa shape index (κ3) is 4.58. The van der Waals surface area contributed by atoms with Gasteiger partial charge in [-0.3, -0.25) is 14.3 Å². The van der Waals surface area contributed by atoms with Crippen molar-refractivity contribution >= 4 is 33.5 Å². The Bertz CT molecular complexity index is 1180. The monoisotopic (exact) mass is 422 g/mol. The molecule has 0 unspecified atom stereocenters. The number of benzene rings is 2. The highest BCUT2D eigenvalue weighted by Crippen LogP contribution is 2.24. The number of hydrogen-bond donors (Lipinski definition) is 1. The first-order chi connectivity index (χ1) is 14.7. The van der Waals surface area contributed by atoms with Crippen LogP contribution in [-0.4, -0.2) is 32.5 Å². The second-order valence-electron chi connectivity index (χ2n) is 7.75. The number of halogens is 1. The lowest BCUT2D eigenvalue weighted by molar-refractivity contribution is 0.252. The van der Waals surface area contributed by atoms with E-state index in [-0.39, 0.29) is 5.56 Å². The lowest BCUT2D eigenvalue weighted by Gasteiger charge is -2.22. The Morgan fingerprint density at radius 2 is 1.90 bits per heavy atom. The number of aryl methyl sites for hydroxylation is 1. The summed E-state index contributed by atoms with van der Waals surface area (Å²) in [6.07, 6.45) is 4.91. The zero-order chi connectivity index (χ0) is 20.9. The first-order valence-corrected chi connectivity index (χ1v) is 11.0. The van der Waals surface area contributed by atoms with Crippen LogP contribution in [0.1, 0.15) is 31.7 Å². The van der Waals surface area contributed by atoms with E-state index in [4.69, 9.17) is 11.6 Å². The molecule has 4 rings (SSSR count). The van der Waals surface area contributed by atoms with Crippen molar-refractivity contribution in [1.82, 2.24) is 19.4 Å². The van der Waals surface area contributed by atoms with Crippen LogP contribution in [0.15, 0.2) is 59.7 Å². The number of fused-ring (bicyclic) bond motifs is 3. The second kappa shape index (κ2) is 9.45. The molecule has 0 spiro atoms. The highest BCUT2D eigenvalue weighted by molar-refractivity contribution is 6.31. The number of aromatic amines is 1. The van der Waals surface area contributed by atoms with E-state index >= 15 is 0 Å². The standard InChI is InChI=1S/C24H27ClN4O/c1-2-3-12-28(16-18-8-5-4-6-9-18)13-7-14-29-17-26-22-20-15-19(25)10-11-21(20)27-23(22)24(29)30/h4-6,8-11,15,17,27H,2-3,7,12-14,16H2,1H3. The van der Waals surface area contributed by atoms with Gasteiger partial charge in [0.15, 0.2) is 0 Å². The quantitative estimate of drug-likeness (QED) is 0.402. The third-order valence-corrected chi connectivity index (χ3v) is 5.72. The van der Waals surface area contributed by atoms with Gasteiger partial charge in [0.05, 0.1) is 6.33 Å². The summed E-state index contributed by atoms with van der Waals surface area (Å²) < 4.78 is 1.71. The topological polar surface area (TPSA) is 53.9 Å². The first kappa shape index (κ1) is 20.6. The maximum absolute atomic E-state index is 13.0. The molecular weight excluding hydrogens is 396 g/mol. The van der Waals surface area contributed by atoms with Crippen LogP contribution in [0.3, 0.4) is 0 Å². The minimum absolute atomic E-state index is 0.0320. The number of hydrogen-bond acceptors (Lipinski definition) is 3. The van der Waals surface area contributed by atoms with Gasteiger partial charge in [-0.15, -0.1) is 0 Å². The van der Waals surface area contributed by atoms with Gasteiger partial charge in [0, 0.05) is 35.6 Å². The largest absolute Gasteiger partial charge is 0.349 e. The van der Waals surface area contributed by atoms with Crippen LogP contribution in [0, 0.1) is 0 Å². The van der Waals surface area contributed by atoms with Crippen LogP contribution in [0.4, 0.5) is 0 Å². The Morgan fingerprint density at radius 3 is 2.70 bits per heavy atom. The van der Waals surface area contributed by atoms with E-state index in [2.05, 4.69) is 46.1 Å². The molecule has 0 radical (unpaired) electrons. The van der Waals surface area contributed by atoms with E-state index in [9.17, 15) is 4.79 Å². The van der Waals surface area contributed by atoms with Crippen molar-refractivity contribution < 1.29 is 0 Å². The molecule has 0 atom stereocenters. The summed E-state index contributed by atoms with van der Waals surface area (Å²) in [6.45, 7) is 5.82. The zero-order valence-electron chi connectivity index (χ0n) is 17.3. The molecule has 2 aromatic heterocycles. The number of nitrogens with zero attached hydrogens (tertiary/aromatic N) is 3. The maximum Gasteiger partial charge on any atom is 0.277 e. The summed E-state index contributed by atoms with van der Waals surface area (Å²) in [7, 11) is 0. The van der Waals surface area contributed by atoms with E-state index in [0.717, 1.165) is 37.0 Å². The summed E-state index contributed by atoms with van der Waals surface area (Å²) in [6, 6.07) is 16.1. The number of unbranched alkanes of at least 4 members (excludes halogenated alkanes) is 1. The number of aromatic nitrogens is 3. The molecule has 30 heavy (non-hydrogen) atoms. The van der Waals surface area contributed by atoms with Crippen molar-refractivity contribution in [3.63, 3.8) is 0 Å². The van der Waals surface area contributed by atoms with Crippen molar-refractivity contribution in [3.8, 4) is 0 Å². The van der Waals surface area contributed by atoms with E-state index in [1.165, 1.54) is 18.4 Å². The van der Waals surface area contributed by atoms with Crippen LogP contribution < -0.4 is 5.56 Å². The number of nitrogens with one attached hydrogen (secondary N) is 1. The van der Waals surface area contributed by atoms with Crippen LogP contribution in [0.5, 0.6) is 0 Å². The van der Waals surface area contributed by atoms with Gasteiger partial charge in [-0.05, 0) is 43.1 Å². The van der Waals surface area contributed by atoms with Crippen molar-refractivity contribution in [2.24, 2.45) is 0 Å². The predicted molar refractivity (Wildman–Crippen MR) is 124 cm³/mol. The Hall–Kier alpha value is -2.63. The second-order valence-corrected chi connectivity index (χ2v) is 8.19. The molecule has 6 heteroatoms. The molecule has 0 fully saturated rings. The highest BCUT2D eigenvalue weighted by Gasteiger charge is 2.12. The van der Waals surface area contributed by atoms with Gasteiger partial charge in [0.25, 0.3) is 5.56 Å². The zero-order valence-corrected chi connectivity index (χ0v) is 18.0. The van der Waals surface area contributed by atoms with Crippen LogP contribution in [-0.2, 0) is 13.1 Å². The minimum Gasteiger partial charge on any atom is -0.349 e. The van der Waals surface area contributed by atoms with Crippen molar-refractivity contribution in [2.45, 2.75) is 39.3 Å². The molecule has 2 heterocycles. The third-order valence-electron chi connectivity index (χ3n) is 5.48. The summed E-state index contributed by atoms with van der Waals surface area (Å²) in [5, 5.41) is 1.52. The SMILES string of the molecule is CCCCN(CCCn1cnc2c([nH]c3ccc(Cl)cc32)c1=O)Cc1ccccc1. The molecule has 4 aromatic rings. The van der Waals surface area contributed by atoms with E-state index < -0.39 is 0 Å². The molecule has 0 aliphatic carbocycles. The fourth-order valence-electron chi connectivity index (χ4n) is 3.88. The van der Waals surface area contributed by atoms with Gasteiger partial charge in [-0.25, -0.2) is 4.98 Å². The average molecular weight is 423 g/mol. The van der Waals surface area contributed by atoms with E-state index in [0.29, 0.717) is 22.6 Å². The van der Waals surface area contributed by atoms with Gasteiger partial charge in [0.2, 0.25) is 0 Å². The Kier molecular flexibility index (Phi) is 6.50. The average Bonchev–Trinajstić information content (AvgIpc) is 3.13. The lowest BCUT2D eigenvalue weighted by Crippen LogP contribution is -2.28.